The Hall–Kier alpha value is -2.84. The van der Waals surface area contributed by atoms with E-state index >= 15 is 0 Å². The Labute approximate surface area is 153 Å². The van der Waals surface area contributed by atoms with Crippen molar-refractivity contribution < 1.29 is 9.47 Å². The number of fused-ring (bicyclic) bond motifs is 5. The molecule has 1 aliphatic carbocycles. The van der Waals surface area contributed by atoms with Crippen molar-refractivity contribution in [2.75, 3.05) is 7.11 Å². The van der Waals surface area contributed by atoms with Crippen molar-refractivity contribution in [3.63, 3.8) is 0 Å². The minimum absolute atomic E-state index is 0.554. The van der Waals surface area contributed by atoms with E-state index in [1.165, 1.54) is 33.4 Å². The fraction of sp³-hybridized carbons (Fsp3) is 0.167. The van der Waals surface area contributed by atoms with Crippen molar-refractivity contribution in [1.82, 2.24) is 0 Å². The summed E-state index contributed by atoms with van der Waals surface area (Å²) in [4.78, 5) is 0. The second-order valence-electron chi connectivity index (χ2n) is 6.90. The average Bonchev–Trinajstić information content (AvgIpc) is 2.98. The summed E-state index contributed by atoms with van der Waals surface area (Å²) in [6, 6.07) is 25.5. The van der Waals surface area contributed by atoms with Gasteiger partial charge in [0.25, 0.3) is 0 Å². The number of benzene rings is 3. The molecule has 1 aliphatic heterocycles. The van der Waals surface area contributed by atoms with Crippen LogP contribution in [0.4, 0.5) is 0 Å². The van der Waals surface area contributed by atoms with Crippen LogP contribution in [-0.2, 0) is 16.9 Å². The van der Waals surface area contributed by atoms with Gasteiger partial charge < -0.3 is 9.47 Å². The molecule has 2 heteroatoms. The van der Waals surface area contributed by atoms with E-state index in [0.29, 0.717) is 6.61 Å². The van der Waals surface area contributed by atoms with Gasteiger partial charge in [-0.3, -0.25) is 0 Å². The molecule has 1 atom stereocenters. The zero-order valence-corrected chi connectivity index (χ0v) is 15.0. The number of allylic oxidation sites excluding steroid dienone is 1. The standard InChI is InChI=1S/C24H20O2/c1-16-20-8-5-6-10-22(20)24(18-11-13-19(25-2)14-12-18)23(16)21-9-4-3-7-17(21)15-26-24/h3-14H,15H2,1-2H3. The van der Waals surface area contributed by atoms with Gasteiger partial charge >= 0.3 is 0 Å². The van der Waals surface area contributed by atoms with Crippen LogP contribution in [-0.4, -0.2) is 7.11 Å². The third kappa shape index (κ3) is 1.91. The van der Waals surface area contributed by atoms with Crippen LogP contribution in [0.2, 0.25) is 0 Å². The van der Waals surface area contributed by atoms with Gasteiger partial charge in [-0.15, -0.1) is 0 Å². The SMILES string of the molecule is COc1ccc(C23OCc4ccccc4C2=C(C)c2ccccc23)cc1. The van der Waals surface area contributed by atoms with E-state index in [9.17, 15) is 0 Å². The molecular formula is C24H20O2. The lowest BCUT2D eigenvalue weighted by Crippen LogP contribution is -2.34. The minimum Gasteiger partial charge on any atom is -0.497 e. The molecule has 26 heavy (non-hydrogen) atoms. The van der Waals surface area contributed by atoms with E-state index in [-0.39, 0.29) is 0 Å². The smallest absolute Gasteiger partial charge is 0.145 e. The topological polar surface area (TPSA) is 18.5 Å². The van der Waals surface area contributed by atoms with Crippen molar-refractivity contribution in [1.29, 1.82) is 0 Å². The molecule has 0 amide bonds. The van der Waals surface area contributed by atoms with Crippen molar-refractivity contribution in [3.8, 4) is 5.75 Å². The van der Waals surface area contributed by atoms with Crippen molar-refractivity contribution in [2.45, 2.75) is 19.1 Å². The summed E-state index contributed by atoms with van der Waals surface area (Å²) in [6.45, 7) is 2.82. The Balaban J connectivity index is 1.83. The molecule has 0 aromatic heterocycles. The minimum atomic E-state index is -0.554. The molecule has 3 aromatic rings. The van der Waals surface area contributed by atoms with E-state index in [0.717, 1.165) is 11.3 Å². The van der Waals surface area contributed by atoms with Gasteiger partial charge in [0.1, 0.15) is 11.4 Å². The molecule has 5 rings (SSSR count). The number of ether oxygens (including phenoxy) is 2. The van der Waals surface area contributed by atoms with Crippen LogP contribution in [0.5, 0.6) is 5.75 Å². The number of rotatable bonds is 2. The number of hydrogen-bond donors (Lipinski definition) is 0. The summed E-state index contributed by atoms with van der Waals surface area (Å²) in [5, 5.41) is 0. The molecule has 3 aromatic carbocycles. The monoisotopic (exact) mass is 340 g/mol. The Morgan fingerprint density at radius 1 is 0.846 bits per heavy atom. The second-order valence-corrected chi connectivity index (χ2v) is 6.90. The summed E-state index contributed by atoms with van der Waals surface area (Å²) in [5.41, 5.74) is 8.20. The first kappa shape index (κ1) is 15.4. The molecule has 2 aliphatic rings. The maximum absolute atomic E-state index is 6.67. The average molecular weight is 340 g/mol. The second kappa shape index (κ2) is 5.58. The molecular weight excluding hydrogens is 320 g/mol. The van der Waals surface area contributed by atoms with Crippen LogP contribution in [0, 0.1) is 0 Å². The summed E-state index contributed by atoms with van der Waals surface area (Å²) in [6.07, 6.45) is 0. The Morgan fingerprint density at radius 3 is 2.31 bits per heavy atom. The van der Waals surface area contributed by atoms with Crippen molar-refractivity contribution >= 4 is 11.1 Å². The quantitative estimate of drug-likeness (QED) is 0.621. The highest BCUT2D eigenvalue weighted by molar-refractivity contribution is 6.03. The van der Waals surface area contributed by atoms with Gasteiger partial charge in [0.05, 0.1) is 13.7 Å². The highest BCUT2D eigenvalue weighted by atomic mass is 16.5. The molecule has 0 bridgehead atoms. The van der Waals surface area contributed by atoms with Crippen LogP contribution in [0.3, 0.4) is 0 Å². The molecule has 0 fully saturated rings. The van der Waals surface area contributed by atoms with Crippen LogP contribution < -0.4 is 4.74 Å². The first-order valence-electron chi connectivity index (χ1n) is 8.93. The van der Waals surface area contributed by atoms with Crippen molar-refractivity contribution in [2.24, 2.45) is 0 Å². The predicted molar refractivity (Wildman–Crippen MR) is 104 cm³/mol. The molecule has 2 nitrogen and oxygen atoms in total. The molecule has 0 radical (unpaired) electrons. The highest BCUT2D eigenvalue weighted by Crippen LogP contribution is 2.58. The van der Waals surface area contributed by atoms with Gasteiger partial charge in [0.2, 0.25) is 0 Å². The first-order chi connectivity index (χ1) is 12.8. The molecule has 128 valence electrons. The van der Waals surface area contributed by atoms with Crippen molar-refractivity contribution in [3.05, 3.63) is 101 Å². The lowest BCUT2D eigenvalue weighted by atomic mass is 9.77. The molecule has 0 saturated carbocycles. The fourth-order valence-corrected chi connectivity index (χ4v) is 4.48. The summed E-state index contributed by atoms with van der Waals surface area (Å²) < 4.78 is 12.0. The molecule has 0 N–H and O–H groups in total. The van der Waals surface area contributed by atoms with Gasteiger partial charge in [-0.2, -0.15) is 0 Å². The number of methoxy groups -OCH3 is 1. The van der Waals surface area contributed by atoms with E-state index in [1.54, 1.807) is 7.11 Å². The summed E-state index contributed by atoms with van der Waals surface area (Å²) in [5.74, 6) is 0.856. The maximum Gasteiger partial charge on any atom is 0.145 e. The molecule has 1 unspecified atom stereocenters. The Kier molecular flexibility index (Phi) is 3.31. The highest BCUT2D eigenvalue weighted by Gasteiger charge is 2.49. The lowest BCUT2D eigenvalue weighted by molar-refractivity contribution is 0.00886. The number of hydrogen-bond acceptors (Lipinski definition) is 2. The van der Waals surface area contributed by atoms with Crippen LogP contribution in [0.25, 0.3) is 11.1 Å². The van der Waals surface area contributed by atoms with Crippen LogP contribution in [0.15, 0.2) is 72.8 Å². The normalized spacial score (nSPS) is 20.4. The molecule has 1 heterocycles. The zero-order valence-electron chi connectivity index (χ0n) is 15.0. The first-order valence-corrected chi connectivity index (χ1v) is 8.93. The lowest BCUT2D eigenvalue weighted by Gasteiger charge is -2.39. The van der Waals surface area contributed by atoms with Crippen LogP contribution in [0.1, 0.15) is 34.7 Å². The van der Waals surface area contributed by atoms with Gasteiger partial charge in [0, 0.05) is 11.1 Å². The third-order valence-electron chi connectivity index (χ3n) is 5.66. The maximum atomic E-state index is 6.67. The molecule has 0 saturated heterocycles. The Bertz CT molecular complexity index is 1030. The van der Waals surface area contributed by atoms with Gasteiger partial charge in [-0.1, -0.05) is 60.7 Å². The van der Waals surface area contributed by atoms with Gasteiger partial charge in [0.15, 0.2) is 0 Å². The van der Waals surface area contributed by atoms with E-state index in [2.05, 4.69) is 67.6 Å². The largest absolute Gasteiger partial charge is 0.497 e. The van der Waals surface area contributed by atoms with Gasteiger partial charge in [-0.25, -0.2) is 0 Å². The molecule has 0 spiro atoms. The fourth-order valence-electron chi connectivity index (χ4n) is 4.48. The van der Waals surface area contributed by atoms with E-state index in [1.807, 2.05) is 12.1 Å². The predicted octanol–water partition coefficient (Wildman–Crippen LogP) is 5.41. The Morgan fingerprint density at radius 2 is 1.54 bits per heavy atom. The van der Waals surface area contributed by atoms with E-state index in [4.69, 9.17) is 9.47 Å². The van der Waals surface area contributed by atoms with Gasteiger partial charge in [-0.05, 0) is 46.9 Å². The zero-order chi connectivity index (χ0) is 17.7. The summed E-state index contributed by atoms with van der Waals surface area (Å²) in [7, 11) is 1.70. The third-order valence-corrected chi connectivity index (χ3v) is 5.66. The summed E-state index contributed by atoms with van der Waals surface area (Å²) >= 11 is 0. The van der Waals surface area contributed by atoms with Crippen LogP contribution >= 0.6 is 0 Å². The van der Waals surface area contributed by atoms with E-state index < -0.39 is 5.60 Å².